The van der Waals surface area contributed by atoms with Gasteiger partial charge in [-0.05, 0) is 25.0 Å². The number of aryl methyl sites for hydroxylation is 1. The van der Waals surface area contributed by atoms with E-state index in [1.54, 1.807) is 6.92 Å². The molecule has 0 saturated carbocycles. The van der Waals surface area contributed by atoms with Crippen LogP contribution in [0.15, 0.2) is 24.3 Å². The summed E-state index contributed by atoms with van der Waals surface area (Å²) in [5.41, 5.74) is 1.29. The van der Waals surface area contributed by atoms with E-state index in [0.717, 1.165) is 17.7 Å². The summed E-state index contributed by atoms with van der Waals surface area (Å²) in [6.07, 6.45) is 0. The van der Waals surface area contributed by atoms with Gasteiger partial charge in [0, 0.05) is 13.1 Å². The number of rotatable bonds is 2. The van der Waals surface area contributed by atoms with Crippen LogP contribution in [0, 0.1) is 6.92 Å². The van der Waals surface area contributed by atoms with Crippen LogP contribution in [0.1, 0.15) is 18.1 Å². The van der Waals surface area contributed by atoms with Crippen LogP contribution in [-0.4, -0.2) is 25.5 Å². The summed E-state index contributed by atoms with van der Waals surface area (Å²) >= 11 is 0. The normalized spacial score (nSPS) is 25.4. The van der Waals surface area contributed by atoms with Crippen molar-refractivity contribution >= 4 is 5.78 Å². The van der Waals surface area contributed by atoms with E-state index in [1.165, 1.54) is 0 Å². The molecule has 16 heavy (non-hydrogen) atoms. The minimum absolute atomic E-state index is 0.0639. The fraction of sp³-hybridized carbons (Fsp3) is 0.462. The molecule has 0 aliphatic carbocycles. The Bertz CT molecular complexity index is 395. The average molecular weight is 219 g/mol. The zero-order valence-electron chi connectivity index (χ0n) is 9.75. The molecule has 1 aromatic carbocycles. The molecule has 1 fully saturated rings. The smallest absolute Gasteiger partial charge is 0.167 e. The Hall–Kier alpha value is -1.19. The Kier molecular flexibility index (Phi) is 3.08. The zero-order valence-corrected chi connectivity index (χ0v) is 9.75. The number of nitrogens with one attached hydrogen (secondary N) is 1. The van der Waals surface area contributed by atoms with Gasteiger partial charge in [0.15, 0.2) is 11.4 Å². The molecule has 1 aliphatic heterocycles. The van der Waals surface area contributed by atoms with Crippen molar-refractivity contribution in [2.75, 3.05) is 19.7 Å². The van der Waals surface area contributed by atoms with E-state index in [-0.39, 0.29) is 5.78 Å². The van der Waals surface area contributed by atoms with Crippen molar-refractivity contribution in [2.45, 2.75) is 19.4 Å². The maximum absolute atomic E-state index is 11.9. The Morgan fingerprint density at radius 3 is 2.75 bits per heavy atom. The first-order valence-corrected chi connectivity index (χ1v) is 5.58. The van der Waals surface area contributed by atoms with E-state index in [9.17, 15) is 4.79 Å². The SMILES string of the molecule is CC(=O)C1(c2ccccc2C)CNCCO1. The summed E-state index contributed by atoms with van der Waals surface area (Å²) < 4.78 is 5.78. The Balaban J connectivity index is 2.47. The van der Waals surface area contributed by atoms with Gasteiger partial charge in [-0.1, -0.05) is 24.3 Å². The molecule has 0 spiro atoms. The van der Waals surface area contributed by atoms with Crippen LogP contribution in [-0.2, 0) is 15.1 Å². The molecule has 0 amide bonds. The number of hydrogen-bond donors (Lipinski definition) is 1. The third kappa shape index (κ3) is 1.77. The number of hydrogen-bond acceptors (Lipinski definition) is 3. The summed E-state index contributed by atoms with van der Waals surface area (Å²) in [4.78, 5) is 11.9. The monoisotopic (exact) mass is 219 g/mol. The molecule has 0 aromatic heterocycles. The maximum atomic E-state index is 11.9. The first-order valence-electron chi connectivity index (χ1n) is 5.58. The quantitative estimate of drug-likeness (QED) is 0.817. The highest BCUT2D eigenvalue weighted by atomic mass is 16.5. The van der Waals surface area contributed by atoms with Crippen LogP contribution in [0.3, 0.4) is 0 Å². The van der Waals surface area contributed by atoms with Crippen molar-refractivity contribution in [2.24, 2.45) is 0 Å². The van der Waals surface area contributed by atoms with Crippen molar-refractivity contribution in [3.8, 4) is 0 Å². The predicted molar refractivity (Wildman–Crippen MR) is 62.4 cm³/mol. The van der Waals surface area contributed by atoms with Crippen LogP contribution < -0.4 is 5.32 Å². The van der Waals surface area contributed by atoms with Gasteiger partial charge in [0.1, 0.15) is 0 Å². The van der Waals surface area contributed by atoms with Crippen LogP contribution in [0.4, 0.5) is 0 Å². The second kappa shape index (κ2) is 4.36. The molecule has 1 aromatic rings. The van der Waals surface area contributed by atoms with E-state index < -0.39 is 5.60 Å². The minimum Gasteiger partial charge on any atom is -0.360 e. The number of morpholine rings is 1. The van der Waals surface area contributed by atoms with E-state index in [0.29, 0.717) is 13.2 Å². The highest BCUT2D eigenvalue weighted by Gasteiger charge is 2.40. The van der Waals surface area contributed by atoms with Gasteiger partial charge >= 0.3 is 0 Å². The molecule has 3 nitrogen and oxygen atoms in total. The third-order valence-corrected chi connectivity index (χ3v) is 3.15. The van der Waals surface area contributed by atoms with Crippen molar-refractivity contribution in [1.82, 2.24) is 5.32 Å². The standard InChI is InChI=1S/C13H17NO2/c1-10-5-3-4-6-12(10)13(11(2)15)9-14-7-8-16-13/h3-6,14H,7-9H2,1-2H3. The molecule has 1 atom stereocenters. The molecule has 86 valence electrons. The van der Waals surface area contributed by atoms with Crippen LogP contribution in [0.5, 0.6) is 0 Å². The summed E-state index contributed by atoms with van der Waals surface area (Å²) in [5, 5.41) is 3.24. The Morgan fingerprint density at radius 2 is 2.19 bits per heavy atom. The van der Waals surface area contributed by atoms with E-state index >= 15 is 0 Å². The molecule has 0 bridgehead atoms. The van der Waals surface area contributed by atoms with Crippen LogP contribution in [0.25, 0.3) is 0 Å². The molecule has 3 heteroatoms. The predicted octanol–water partition coefficient (Wildman–Crippen LogP) is 1.40. The summed E-state index contributed by atoms with van der Waals surface area (Å²) in [7, 11) is 0. The molecule has 1 saturated heterocycles. The van der Waals surface area contributed by atoms with Gasteiger partial charge in [0.25, 0.3) is 0 Å². The van der Waals surface area contributed by atoms with Gasteiger partial charge in [-0.25, -0.2) is 0 Å². The van der Waals surface area contributed by atoms with Crippen molar-refractivity contribution in [3.05, 3.63) is 35.4 Å². The summed E-state index contributed by atoms with van der Waals surface area (Å²) in [6.45, 7) is 5.56. The number of ether oxygens (including phenoxy) is 1. The summed E-state index contributed by atoms with van der Waals surface area (Å²) in [5.74, 6) is 0.0639. The summed E-state index contributed by atoms with van der Waals surface area (Å²) in [6, 6.07) is 7.91. The highest BCUT2D eigenvalue weighted by molar-refractivity contribution is 5.87. The average Bonchev–Trinajstić information content (AvgIpc) is 2.30. The lowest BCUT2D eigenvalue weighted by atomic mass is 9.86. The van der Waals surface area contributed by atoms with E-state index in [4.69, 9.17) is 4.74 Å². The fourth-order valence-corrected chi connectivity index (χ4v) is 2.23. The van der Waals surface area contributed by atoms with Gasteiger partial charge in [0.05, 0.1) is 6.61 Å². The van der Waals surface area contributed by atoms with E-state index in [2.05, 4.69) is 5.32 Å². The van der Waals surface area contributed by atoms with Gasteiger partial charge in [-0.3, -0.25) is 4.79 Å². The van der Waals surface area contributed by atoms with Crippen molar-refractivity contribution in [3.63, 3.8) is 0 Å². The molecule has 1 aliphatic rings. The first-order chi connectivity index (χ1) is 7.67. The fourth-order valence-electron chi connectivity index (χ4n) is 2.23. The van der Waals surface area contributed by atoms with Gasteiger partial charge in [-0.15, -0.1) is 0 Å². The molecule has 0 radical (unpaired) electrons. The lowest BCUT2D eigenvalue weighted by Crippen LogP contribution is -2.52. The zero-order chi connectivity index (χ0) is 11.6. The lowest BCUT2D eigenvalue weighted by molar-refractivity contribution is -0.147. The van der Waals surface area contributed by atoms with Gasteiger partial charge in [-0.2, -0.15) is 0 Å². The van der Waals surface area contributed by atoms with Crippen LogP contribution in [0.2, 0.25) is 0 Å². The number of carbonyl (C=O) groups excluding carboxylic acids is 1. The molecule has 1 N–H and O–H groups in total. The first kappa shape index (κ1) is 11.3. The molecular formula is C13H17NO2. The highest BCUT2D eigenvalue weighted by Crippen LogP contribution is 2.30. The van der Waals surface area contributed by atoms with Crippen molar-refractivity contribution in [1.29, 1.82) is 0 Å². The van der Waals surface area contributed by atoms with E-state index in [1.807, 2.05) is 31.2 Å². The van der Waals surface area contributed by atoms with Crippen LogP contribution >= 0.6 is 0 Å². The van der Waals surface area contributed by atoms with Gasteiger partial charge in [0.2, 0.25) is 0 Å². The second-order valence-electron chi connectivity index (χ2n) is 4.22. The Morgan fingerprint density at radius 1 is 1.44 bits per heavy atom. The molecular weight excluding hydrogens is 202 g/mol. The molecule has 1 unspecified atom stereocenters. The largest absolute Gasteiger partial charge is 0.360 e. The molecule has 2 rings (SSSR count). The minimum atomic E-state index is -0.788. The third-order valence-electron chi connectivity index (χ3n) is 3.15. The number of Topliss-reactive ketones (excluding diaryl/α,β-unsaturated/α-hetero) is 1. The second-order valence-corrected chi connectivity index (χ2v) is 4.22. The van der Waals surface area contributed by atoms with Crippen molar-refractivity contribution < 1.29 is 9.53 Å². The number of benzene rings is 1. The molecule has 1 heterocycles. The Labute approximate surface area is 95.8 Å². The topological polar surface area (TPSA) is 38.3 Å². The maximum Gasteiger partial charge on any atom is 0.167 e. The lowest BCUT2D eigenvalue weighted by Gasteiger charge is -2.36. The number of ketones is 1. The number of carbonyl (C=O) groups is 1. The van der Waals surface area contributed by atoms with Gasteiger partial charge < -0.3 is 10.1 Å².